The van der Waals surface area contributed by atoms with Gasteiger partial charge in [-0.15, -0.1) is 11.8 Å². The van der Waals surface area contributed by atoms with Crippen LogP contribution in [0.4, 0.5) is 5.82 Å². The minimum absolute atomic E-state index is 0.0535. The van der Waals surface area contributed by atoms with E-state index in [1.165, 1.54) is 4.90 Å². The summed E-state index contributed by atoms with van der Waals surface area (Å²) in [5.41, 5.74) is 0.508. The molecule has 5 nitrogen and oxygen atoms in total. The summed E-state index contributed by atoms with van der Waals surface area (Å²) in [5, 5.41) is 4.08. The number of hydrogen-bond acceptors (Lipinski definition) is 5. The van der Waals surface area contributed by atoms with Gasteiger partial charge in [0.15, 0.2) is 0 Å². The second-order valence-corrected chi connectivity index (χ2v) is 8.00. The van der Waals surface area contributed by atoms with Gasteiger partial charge in [-0.3, -0.25) is 4.79 Å². The lowest BCUT2D eigenvalue weighted by Crippen LogP contribution is -2.40. The van der Waals surface area contributed by atoms with E-state index in [-0.39, 0.29) is 5.91 Å². The normalized spacial score (nSPS) is 15.5. The van der Waals surface area contributed by atoms with Crippen molar-refractivity contribution in [3.05, 3.63) is 53.2 Å². The molecule has 0 radical (unpaired) electrons. The molecule has 26 heavy (non-hydrogen) atoms. The summed E-state index contributed by atoms with van der Waals surface area (Å²) in [6.45, 7) is 5.22. The summed E-state index contributed by atoms with van der Waals surface area (Å²) in [6.07, 6.45) is 1.58. The number of halogens is 1. The Morgan fingerprint density at radius 1 is 1.35 bits per heavy atom. The van der Waals surface area contributed by atoms with Crippen molar-refractivity contribution >= 4 is 35.1 Å². The highest BCUT2D eigenvalue weighted by molar-refractivity contribution is 8.00. The third-order valence-electron chi connectivity index (χ3n) is 4.02. The maximum atomic E-state index is 12.5. The second kappa shape index (κ2) is 9.26. The Labute approximate surface area is 163 Å². The van der Waals surface area contributed by atoms with Crippen LogP contribution in [0, 0.1) is 0 Å². The fourth-order valence-corrected chi connectivity index (χ4v) is 3.83. The number of rotatable bonds is 6. The molecule has 1 aliphatic rings. The minimum Gasteiger partial charge on any atom is -0.378 e. The first-order valence-electron chi connectivity index (χ1n) is 8.61. The van der Waals surface area contributed by atoms with Crippen molar-refractivity contribution < 1.29 is 9.53 Å². The van der Waals surface area contributed by atoms with Crippen molar-refractivity contribution in [3.8, 4) is 0 Å². The molecule has 2 heterocycles. The Morgan fingerprint density at radius 2 is 2.08 bits per heavy atom. The minimum atomic E-state index is -0.0535. The zero-order valence-electron chi connectivity index (χ0n) is 14.7. The second-order valence-electron chi connectivity index (χ2n) is 6.08. The molecule has 2 aromatic rings. The van der Waals surface area contributed by atoms with Gasteiger partial charge in [0, 0.05) is 36.0 Å². The zero-order chi connectivity index (χ0) is 18.4. The van der Waals surface area contributed by atoms with Gasteiger partial charge in [-0.25, -0.2) is 4.98 Å². The summed E-state index contributed by atoms with van der Waals surface area (Å²) in [5.74, 6) is 0.549. The number of carbonyl (C=O) groups excluding carboxylic acids is 1. The fourth-order valence-electron chi connectivity index (χ4n) is 2.65. The lowest BCUT2D eigenvalue weighted by molar-refractivity contribution is 0.0302. The molecule has 0 aliphatic carbocycles. The maximum absolute atomic E-state index is 12.5. The molecule has 1 N–H and O–H groups in total. The Morgan fingerprint density at radius 3 is 2.77 bits per heavy atom. The number of ether oxygens (including phenoxy) is 1. The predicted octanol–water partition coefficient (Wildman–Crippen LogP) is 3.80. The van der Waals surface area contributed by atoms with E-state index in [0.717, 1.165) is 6.54 Å². The first-order valence-corrected chi connectivity index (χ1v) is 9.87. The van der Waals surface area contributed by atoms with Gasteiger partial charge < -0.3 is 15.0 Å². The number of carbonyl (C=O) groups is 1. The summed E-state index contributed by atoms with van der Waals surface area (Å²) in [4.78, 5) is 19.8. The quantitative estimate of drug-likeness (QED) is 0.759. The average Bonchev–Trinajstić information content (AvgIpc) is 2.68. The molecule has 1 amide bonds. The largest absolute Gasteiger partial charge is 0.378 e. The van der Waals surface area contributed by atoms with E-state index in [2.05, 4.69) is 29.4 Å². The van der Waals surface area contributed by atoms with Crippen molar-refractivity contribution in [2.24, 2.45) is 0 Å². The molecule has 1 fully saturated rings. The van der Waals surface area contributed by atoms with E-state index in [4.69, 9.17) is 16.3 Å². The van der Waals surface area contributed by atoms with Gasteiger partial charge in [0.25, 0.3) is 5.91 Å². The molecular formula is C19H22ClN3O2S. The van der Waals surface area contributed by atoms with Crippen molar-refractivity contribution in [1.82, 2.24) is 9.88 Å². The number of pyridine rings is 1. The predicted molar refractivity (Wildman–Crippen MR) is 106 cm³/mol. The molecule has 3 rings (SSSR count). The summed E-state index contributed by atoms with van der Waals surface area (Å²) in [6, 6.07) is 12.0. The van der Waals surface area contributed by atoms with Gasteiger partial charge in [0.05, 0.1) is 23.8 Å². The third kappa shape index (κ3) is 5.13. The smallest absolute Gasteiger partial charge is 0.255 e. The molecule has 1 unspecified atom stereocenters. The van der Waals surface area contributed by atoms with Crippen LogP contribution in [0.1, 0.15) is 17.3 Å². The van der Waals surface area contributed by atoms with Gasteiger partial charge in [-0.2, -0.15) is 0 Å². The van der Waals surface area contributed by atoms with Crippen molar-refractivity contribution in [2.45, 2.75) is 17.1 Å². The van der Waals surface area contributed by atoms with Crippen LogP contribution in [-0.4, -0.2) is 53.9 Å². The molecule has 0 spiro atoms. The highest BCUT2D eigenvalue weighted by Gasteiger charge is 2.19. The van der Waals surface area contributed by atoms with Gasteiger partial charge in [0.2, 0.25) is 0 Å². The number of nitrogens with zero attached hydrogens (tertiary/aromatic N) is 2. The van der Waals surface area contributed by atoms with Crippen LogP contribution in [0.2, 0.25) is 5.02 Å². The Hall–Kier alpha value is -1.76. The molecule has 1 aromatic heterocycles. The van der Waals surface area contributed by atoms with Crippen LogP contribution in [0.3, 0.4) is 0 Å². The molecule has 1 atom stereocenters. The molecule has 1 aromatic carbocycles. The van der Waals surface area contributed by atoms with E-state index in [1.54, 1.807) is 28.9 Å². The molecule has 0 saturated carbocycles. The number of amides is 1. The molecular weight excluding hydrogens is 370 g/mol. The van der Waals surface area contributed by atoms with Gasteiger partial charge in [0.1, 0.15) is 5.82 Å². The topological polar surface area (TPSA) is 54.5 Å². The number of anilines is 1. The van der Waals surface area contributed by atoms with E-state index in [0.29, 0.717) is 48.0 Å². The van der Waals surface area contributed by atoms with Gasteiger partial charge in [-0.1, -0.05) is 36.7 Å². The van der Waals surface area contributed by atoms with Crippen LogP contribution < -0.4 is 5.32 Å². The Bertz CT molecular complexity index is 739. The average molecular weight is 392 g/mol. The maximum Gasteiger partial charge on any atom is 0.255 e. The van der Waals surface area contributed by atoms with Crippen molar-refractivity contribution in [2.75, 3.05) is 38.2 Å². The van der Waals surface area contributed by atoms with Crippen LogP contribution in [0.25, 0.3) is 0 Å². The highest BCUT2D eigenvalue weighted by Crippen LogP contribution is 2.25. The number of aromatic nitrogens is 1. The Kier molecular flexibility index (Phi) is 6.77. The molecule has 0 bridgehead atoms. The lowest BCUT2D eigenvalue weighted by Gasteiger charge is -2.26. The first kappa shape index (κ1) is 19.0. The van der Waals surface area contributed by atoms with Gasteiger partial charge >= 0.3 is 0 Å². The molecule has 138 valence electrons. The summed E-state index contributed by atoms with van der Waals surface area (Å²) >= 11 is 8.12. The van der Waals surface area contributed by atoms with Crippen LogP contribution in [0.5, 0.6) is 0 Å². The highest BCUT2D eigenvalue weighted by atomic mass is 35.5. The SMILES string of the molecule is CC(CNc1ncc(C(=O)N2CCOCC2)cc1Cl)Sc1ccccc1. The Balaban J connectivity index is 1.56. The van der Waals surface area contributed by atoms with Crippen molar-refractivity contribution in [3.63, 3.8) is 0 Å². The van der Waals surface area contributed by atoms with Crippen LogP contribution in [0.15, 0.2) is 47.5 Å². The van der Waals surface area contributed by atoms with E-state index in [9.17, 15) is 4.79 Å². The van der Waals surface area contributed by atoms with E-state index < -0.39 is 0 Å². The van der Waals surface area contributed by atoms with Crippen LogP contribution >= 0.6 is 23.4 Å². The standard InChI is InChI=1S/C19H22ClN3O2S/c1-14(26-16-5-3-2-4-6-16)12-21-18-17(20)11-15(13-22-18)19(24)23-7-9-25-10-8-23/h2-6,11,13-14H,7-10,12H2,1H3,(H,21,22). The number of morpholine rings is 1. The third-order valence-corrected chi connectivity index (χ3v) is 5.43. The number of benzene rings is 1. The van der Waals surface area contributed by atoms with Crippen LogP contribution in [-0.2, 0) is 4.74 Å². The van der Waals surface area contributed by atoms with Gasteiger partial charge in [-0.05, 0) is 18.2 Å². The number of hydrogen-bond donors (Lipinski definition) is 1. The first-order chi connectivity index (χ1) is 12.6. The number of nitrogens with one attached hydrogen (secondary N) is 1. The fraction of sp³-hybridized carbons (Fsp3) is 0.368. The summed E-state index contributed by atoms with van der Waals surface area (Å²) in [7, 11) is 0. The van der Waals surface area contributed by atoms with Crippen molar-refractivity contribution in [1.29, 1.82) is 0 Å². The summed E-state index contributed by atoms with van der Waals surface area (Å²) < 4.78 is 5.28. The van der Waals surface area contributed by atoms with E-state index >= 15 is 0 Å². The number of thioether (sulfide) groups is 1. The monoisotopic (exact) mass is 391 g/mol. The zero-order valence-corrected chi connectivity index (χ0v) is 16.2. The molecule has 1 aliphatic heterocycles. The van der Waals surface area contributed by atoms with E-state index in [1.807, 2.05) is 18.2 Å². The molecule has 1 saturated heterocycles. The molecule has 7 heteroatoms. The lowest BCUT2D eigenvalue weighted by atomic mass is 10.2.